The summed E-state index contributed by atoms with van der Waals surface area (Å²) in [6.45, 7) is 6.64. The van der Waals surface area contributed by atoms with Crippen LogP contribution in [-0.4, -0.2) is 77.6 Å². The zero-order valence-corrected chi connectivity index (χ0v) is 11.4. The molecule has 2 amide bonds. The van der Waals surface area contributed by atoms with Crippen molar-refractivity contribution < 1.29 is 14.7 Å². The van der Waals surface area contributed by atoms with E-state index in [0.717, 1.165) is 19.5 Å². The van der Waals surface area contributed by atoms with Gasteiger partial charge in [-0.1, -0.05) is 6.92 Å². The van der Waals surface area contributed by atoms with Crippen LogP contribution in [0.25, 0.3) is 0 Å². The Morgan fingerprint density at radius 3 is 2.28 bits per heavy atom. The minimum atomic E-state index is -0.960. The molecule has 6 nitrogen and oxygen atoms in total. The number of aliphatic carboxylic acids is 1. The van der Waals surface area contributed by atoms with Crippen LogP contribution in [0.4, 0.5) is 4.79 Å². The summed E-state index contributed by atoms with van der Waals surface area (Å²) in [6, 6.07) is -0.201. The third-order valence-electron chi connectivity index (χ3n) is 3.45. The Morgan fingerprint density at radius 2 is 1.83 bits per heavy atom. The highest BCUT2D eigenvalue weighted by Gasteiger charge is 2.27. The van der Waals surface area contributed by atoms with Crippen molar-refractivity contribution in [3.05, 3.63) is 0 Å². The lowest BCUT2D eigenvalue weighted by Gasteiger charge is -2.37. The lowest BCUT2D eigenvalue weighted by atomic mass is 10.2. The number of amides is 2. The number of urea groups is 1. The minimum absolute atomic E-state index is 0.0479. The predicted molar refractivity (Wildman–Crippen MR) is 68.6 cm³/mol. The lowest BCUT2D eigenvalue weighted by Crippen LogP contribution is -2.54. The number of carbonyl (C=O) groups excluding carboxylic acids is 1. The number of carboxylic acids is 1. The fourth-order valence-electron chi connectivity index (χ4n) is 1.96. The maximum absolute atomic E-state index is 12.3. The van der Waals surface area contributed by atoms with Crippen LogP contribution in [0.2, 0.25) is 0 Å². The number of carbonyl (C=O) groups is 2. The first-order valence-electron chi connectivity index (χ1n) is 6.41. The normalized spacial score (nSPS) is 18.5. The summed E-state index contributed by atoms with van der Waals surface area (Å²) in [7, 11) is 2.02. The number of nitrogens with zero attached hydrogens (tertiary/aromatic N) is 3. The third-order valence-corrected chi connectivity index (χ3v) is 3.45. The Labute approximate surface area is 108 Å². The van der Waals surface area contributed by atoms with Gasteiger partial charge in [0.05, 0.1) is 0 Å². The summed E-state index contributed by atoms with van der Waals surface area (Å²) in [4.78, 5) is 28.5. The van der Waals surface area contributed by atoms with E-state index in [9.17, 15) is 9.59 Å². The van der Waals surface area contributed by atoms with Gasteiger partial charge in [0.1, 0.15) is 6.54 Å². The van der Waals surface area contributed by atoms with Crippen LogP contribution in [0.3, 0.4) is 0 Å². The van der Waals surface area contributed by atoms with Gasteiger partial charge in [0.25, 0.3) is 0 Å². The van der Waals surface area contributed by atoms with Gasteiger partial charge in [-0.25, -0.2) is 4.79 Å². The van der Waals surface area contributed by atoms with Gasteiger partial charge in [-0.15, -0.1) is 0 Å². The minimum Gasteiger partial charge on any atom is -0.480 e. The maximum atomic E-state index is 12.3. The highest BCUT2D eigenvalue weighted by Crippen LogP contribution is 2.10. The van der Waals surface area contributed by atoms with Crippen LogP contribution in [0.1, 0.15) is 20.3 Å². The fourth-order valence-corrected chi connectivity index (χ4v) is 1.96. The number of likely N-dealkylation sites (N-methyl/N-ethyl adjacent to an activating group) is 1. The van der Waals surface area contributed by atoms with Crippen molar-refractivity contribution >= 4 is 12.0 Å². The molecule has 104 valence electrons. The number of hydrogen-bond acceptors (Lipinski definition) is 3. The second-order valence-corrected chi connectivity index (χ2v) is 4.85. The van der Waals surface area contributed by atoms with Gasteiger partial charge < -0.3 is 19.8 Å². The second kappa shape index (κ2) is 6.58. The molecule has 0 saturated carbocycles. The van der Waals surface area contributed by atoms with E-state index in [1.54, 1.807) is 4.90 Å². The van der Waals surface area contributed by atoms with Gasteiger partial charge in [-0.3, -0.25) is 4.79 Å². The average Bonchev–Trinajstić information content (AvgIpc) is 2.35. The van der Waals surface area contributed by atoms with Crippen molar-refractivity contribution in [2.45, 2.75) is 26.3 Å². The van der Waals surface area contributed by atoms with Crippen LogP contribution in [0.5, 0.6) is 0 Å². The summed E-state index contributed by atoms with van der Waals surface area (Å²) >= 11 is 0. The van der Waals surface area contributed by atoms with Crippen LogP contribution in [0, 0.1) is 0 Å². The van der Waals surface area contributed by atoms with Crippen LogP contribution in [-0.2, 0) is 4.79 Å². The summed E-state index contributed by atoms with van der Waals surface area (Å²) in [5, 5.41) is 8.90. The molecule has 1 aliphatic heterocycles. The first-order chi connectivity index (χ1) is 8.45. The molecule has 0 radical (unpaired) electrons. The van der Waals surface area contributed by atoms with Gasteiger partial charge in [0, 0.05) is 32.2 Å². The lowest BCUT2D eigenvalue weighted by molar-refractivity contribution is -0.138. The Kier molecular flexibility index (Phi) is 5.40. The Balaban J connectivity index is 2.66. The standard InChI is InChI=1S/C12H23N3O3/c1-4-10(2)15(9-11(16)17)12(18)14-7-5-13(3)6-8-14/h10H,4-9H2,1-3H3,(H,16,17). The molecule has 1 N–H and O–H groups in total. The predicted octanol–water partition coefficient (Wildman–Crippen LogP) is 0.539. The first kappa shape index (κ1) is 14.8. The zero-order valence-electron chi connectivity index (χ0n) is 11.4. The topological polar surface area (TPSA) is 64.1 Å². The van der Waals surface area contributed by atoms with Crippen LogP contribution in [0.15, 0.2) is 0 Å². The Morgan fingerprint density at radius 1 is 1.28 bits per heavy atom. The molecule has 0 spiro atoms. The van der Waals surface area contributed by atoms with Crippen LogP contribution < -0.4 is 0 Å². The summed E-state index contributed by atoms with van der Waals surface area (Å²) in [6.07, 6.45) is 0.757. The highest BCUT2D eigenvalue weighted by molar-refractivity contribution is 5.80. The van der Waals surface area contributed by atoms with Crippen molar-refractivity contribution in [1.82, 2.24) is 14.7 Å². The molecule has 0 aliphatic carbocycles. The van der Waals surface area contributed by atoms with Crippen molar-refractivity contribution in [1.29, 1.82) is 0 Å². The molecular weight excluding hydrogens is 234 g/mol. The van der Waals surface area contributed by atoms with E-state index in [-0.39, 0.29) is 18.6 Å². The van der Waals surface area contributed by atoms with Gasteiger partial charge in [-0.05, 0) is 20.4 Å². The molecule has 0 aromatic carbocycles. The molecule has 1 aliphatic rings. The molecule has 1 saturated heterocycles. The van der Waals surface area contributed by atoms with Gasteiger partial charge in [-0.2, -0.15) is 0 Å². The first-order valence-corrected chi connectivity index (χ1v) is 6.41. The maximum Gasteiger partial charge on any atom is 0.323 e. The molecule has 1 atom stereocenters. The van der Waals surface area contributed by atoms with Crippen LogP contribution >= 0.6 is 0 Å². The largest absolute Gasteiger partial charge is 0.480 e. The molecule has 1 fully saturated rings. The quantitative estimate of drug-likeness (QED) is 0.798. The molecule has 6 heteroatoms. The molecular formula is C12H23N3O3. The summed E-state index contributed by atoms with van der Waals surface area (Å²) < 4.78 is 0. The van der Waals surface area contributed by atoms with Crippen molar-refractivity contribution in [3.63, 3.8) is 0 Å². The van der Waals surface area contributed by atoms with Gasteiger partial charge in [0.2, 0.25) is 0 Å². The van der Waals surface area contributed by atoms with E-state index in [4.69, 9.17) is 5.11 Å². The monoisotopic (exact) mass is 257 g/mol. The van der Waals surface area contributed by atoms with E-state index < -0.39 is 5.97 Å². The van der Waals surface area contributed by atoms with Gasteiger partial charge in [0.15, 0.2) is 0 Å². The molecule has 0 aromatic rings. The third kappa shape index (κ3) is 3.87. The number of carboxylic acid groups (broad SMARTS) is 1. The molecule has 1 heterocycles. The van der Waals surface area contributed by atoms with E-state index in [0.29, 0.717) is 13.1 Å². The second-order valence-electron chi connectivity index (χ2n) is 4.85. The van der Waals surface area contributed by atoms with Crippen molar-refractivity contribution in [2.24, 2.45) is 0 Å². The molecule has 0 aromatic heterocycles. The number of piperazine rings is 1. The van der Waals surface area contributed by atoms with E-state index in [1.807, 2.05) is 20.9 Å². The highest BCUT2D eigenvalue weighted by atomic mass is 16.4. The van der Waals surface area contributed by atoms with Gasteiger partial charge >= 0.3 is 12.0 Å². The fraction of sp³-hybridized carbons (Fsp3) is 0.833. The Hall–Kier alpha value is -1.30. The number of rotatable bonds is 4. The zero-order chi connectivity index (χ0) is 13.7. The molecule has 1 rings (SSSR count). The van der Waals surface area contributed by atoms with Crippen molar-refractivity contribution in [2.75, 3.05) is 39.8 Å². The van der Waals surface area contributed by atoms with E-state index in [1.165, 1.54) is 4.90 Å². The summed E-state index contributed by atoms with van der Waals surface area (Å²) in [5.41, 5.74) is 0. The molecule has 0 bridgehead atoms. The number of hydrogen-bond donors (Lipinski definition) is 1. The Bertz CT molecular complexity index is 301. The van der Waals surface area contributed by atoms with E-state index in [2.05, 4.69) is 4.90 Å². The molecule has 18 heavy (non-hydrogen) atoms. The van der Waals surface area contributed by atoms with E-state index >= 15 is 0 Å². The average molecular weight is 257 g/mol. The molecule has 1 unspecified atom stereocenters. The van der Waals surface area contributed by atoms with Crippen molar-refractivity contribution in [3.8, 4) is 0 Å². The smallest absolute Gasteiger partial charge is 0.323 e. The SMILES string of the molecule is CCC(C)N(CC(=O)O)C(=O)N1CCN(C)CC1. The summed E-state index contributed by atoms with van der Waals surface area (Å²) in [5.74, 6) is -0.960.